The largest absolute Gasteiger partial charge is 0.790 e. The molecule has 0 fully saturated rings. The first kappa shape index (κ1) is 27.3. The van der Waals surface area contributed by atoms with Crippen LogP contribution in [0.5, 0.6) is 11.5 Å². The van der Waals surface area contributed by atoms with Crippen molar-refractivity contribution in [3.8, 4) is 11.5 Å². The molecule has 0 unspecified atom stereocenters. The average molecular weight is 479 g/mol. The summed E-state index contributed by atoms with van der Waals surface area (Å²) < 4.78 is 21.2. The second-order valence-corrected chi connectivity index (χ2v) is 10.5. The van der Waals surface area contributed by atoms with Gasteiger partial charge in [-0.25, -0.2) is 4.79 Å². The summed E-state index contributed by atoms with van der Waals surface area (Å²) >= 11 is 0. The predicted octanol–water partition coefficient (Wildman–Crippen LogP) is 4.67. The number of carbonyl (C=O) groups is 1. The Morgan fingerprint density at radius 2 is 1.97 bits per heavy atom. The van der Waals surface area contributed by atoms with E-state index >= 15 is 0 Å². The van der Waals surface area contributed by atoms with Crippen molar-refractivity contribution < 1.29 is 33.5 Å². The molecule has 2 rings (SSSR count). The van der Waals surface area contributed by atoms with Crippen LogP contribution in [0.1, 0.15) is 83.8 Å². The van der Waals surface area contributed by atoms with Crippen molar-refractivity contribution in [3.05, 3.63) is 47.1 Å². The molecule has 7 nitrogen and oxygen atoms in total. The van der Waals surface area contributed by atoms with Gasteiger partial charge in [-0.15, -0.1) is 0 Å². The van der Waals surface area contributed by atoms with Crippen molar-refractivity contribution in [1.82, 2.24) is 0 Å². The third kappa shape index (κ3) is 7.54. The van der Waals surface area contributed by atoms with Crippen molar-refractivity contribution in [2.24, 2.45) is 5.92 Å². The van der Waals surface area contributed by atoms with Gasteiger partial charge in [0, 0.05) is 11.5 Å². The summed E-state index contributed by atoms with van der Waals surface area (Å²) in [5.74, 6) is -1.12. The Morgan fingerprint density at radius 1 is 1.30 bits per heavy atom. The average Bonchev–Trinajstić information content (AvgIpc) is 2.65. The second-order valence-electron chi connectivity index (χ2n) is 9.45. The molecule has 1 aliphatic rings. The van der Waals surface area contributed by atoms with Crippen LogP contribution in [-0.4, -0.2) is 16.7 Å². The highest BCUT2D eigenvalue weighted by molar-refractivity contribution is 7.43. The van der Waals surface area contributed by atoms with Gasteiger partial charge in [0.15, 0.2) is 5.60 Å². The number of allylic oxidation sites excluding steroid dienone is 3. The van der Waals surface area contributed by atoms with Gasteiger partial charge in [0.25, 0.3) is 0 Å². The lowest BCUT2D eigenvalue weighted by molar-refractivity contribution is -0.347. The molecule has 0 aliphatic heterocycles. The number of phenolic OH excluding ortho intramolecular Hbond substituents is 1. The van der Waals surface area contributed by atoms with Gasteiger partial charge in [0.2, 0.25) is 0 Å². The molecule has 1 N–H and O–H groups in total. The number of unbranched alkanes of at least 4 members (excludes halogenated alkanes) is 2. The highest BCUT2D eigenvalue weighted by Crippen LogP contribution is 2.47. The summed E-state index contributed by atoms with van der Waals surface area (Å²) in [6.07, 6.45) is 7.45. The Kier molecular flexibility index (Phi) is 9.11. The fourth-order valence-electron chi connectivity index (χ4n) is 4.26. The minimum atomic E-state index is -5.42. The first-order valence-electron chi connectivity index (χ1n) is 11.4. The number of aromatic hydroxyl groups is 1. The zero-order valence-electron chi connectivity index (χ0n) is 20.2. The van der Waals surface area contributed by atoms with E-state index in [1.807, 2.05) is 13.8 Å². The Hall–Kier alpha value is -1.92. The monoisotopic (exact) mass is 478 g/mol. The first-order chi connectivity index (χ1) is 15.2. The maximum absolute atomic E-state index is 12.8. The summed E-state index contributed by atoms with van der Waals surface area (Å²) in [5, 5.41) is 11.0. The van der Waals surface area contributed by atoms with Crippen LogP contribution in [0.3, 0.4) is 0 Å². The maximum atomic E-state index is 12.8. The Balaban J connectivity index is 2.55. The number of phosphoric acid groups is 1. The molecule has 33 heavy (non-hydrogen) atoms. The van der Waals surface area contributed by atoms with Crippen LogP contribution >= 0.6 is 7.82 Å². The number of hydrogen-bond donors (Lipinski definition) is 1. The summed E-state index contributed by atoms with van der Waals surface area (Å²) in [4.78, 5) is 35.1. The topological polar surface area (TPSA) is 119 Å². The normalized spacial score (nSPS) is 19.2. The van der Waals surface area contributed by atoms with E-state index in [2.05, 4.69) is 24.1 Å². The SMILES string of the molecule is C=C(C)[C@@H]1CCC(C)=C[C@H]1c1c(O)cc(CCCCC)cc1OC(=O)C(C)(C)OP(=O)([O-])[O-]. The minimum absolute atomic E-state index is 0.00560. The van der Waals surface area contributed by atoms with E-state index in [1.165, 1.54) is 0 Å². The molecule has 0 aromatic heterocycles. The van der Waals surface area contributed by atoms with Crippen LogP contribution in [0.4, 0.5) is 0 Å². The van der Waals surface area contributed by atoms with Crippen molar-refractivity contribution in [2.75, 3.05) is 0 Å². The number of hydrogen-bond acceptors (Lipinski definition) is 7. The summed E-state index contributed by atoms with van der Waals surface area (Å²) in [6.45, 7) is 12.5. The van der Waals surface area contributed by atoms with E-state index < -0.39 is 19.4 Å². The van der Waals surface area contributed by atoms with Gasteiger partial charge in [-0.3, -0.25) is 0 Å². The molecule has 0 radical (unpaired) electrons. The van der Waals surface area contributed by atoms with Gasteiger partial charge in [-0.1, -0.05) is 43.6 Å². The molecular weight excluding hydrogens is 443 g/mol. The van der Waals surface area contributed by atoms with E-state index in [0.29, 0.717) is 12.0 Å². The maximum Gasteiger partial charge on any atom is 0.343 e. The van der Waals surface area contributed by atoms with Gasteiger partial charge < -0.3 is 28.7 Å². The number of phenols is 1. The highest BCUT2D eigenvalue weighted by Gasteiger charge is 2.35. The number of aryl methyl sites for hydroxylation is 1. The van der Waals surface area contributed by atoms with E-state index in [4.69, 9.17) is 4.74 Å². The zero-order chi connectivity index (χ0) is 25.0. The van der Waals surface area contributed by atoms with Crippen LogP contribution in [-0.2, 0) is 20.3 Å². The summed E-state index contributed by atoms with van der Waals surface area (Å²) in [7, 11) is -5.42. The molecule has 0 bridgehead atoms. The molecule has 8 heteroatoms. The quantitative estimate of drug-likeness (QED) is 0.171. The van der Waals surface area contributed by atoms with Crippen LogP contribution in [0.25, 0.3) is 0 Å². The number of carbonyl (C=O) groups excluding carboxylic acids is 1. The predicted molar refractivity (Wildman–Crippen MR) is 124 cm³/mol. The number of phosphoric ester groups is 1. The molecule has 0 spiro atoms. The standard InChI is InChI=1S/C25H37O7P/c1-7-8-9-10-18-14-21(26)23(20-13-17(4)11-12-19(20)16(2)3)22(15-18)31-24(27)25(5,6)32-33(28,29)30/h13-15,19-20,26H,2,7-12H2,1,3-6H3,(H2,28,29,30)/p-2/t19-,20+/m0/s1. The molecule has 0 amide bonds. The smallest absolute Gasteiger partial charge is 0.343 e. The van der Waals surface area contributed by atoms with Crippen molar-refractivity contribution in [2.45, 2.75) is 84.7 Å². The minimum Gasteiger partial charge on any atom is -0.790 e. The Labute approximate surface area is 196 Å². The van der Waals surface area contributed by atoms with E-state index in [1.54, 1.807) is 12.1 Å². The summed E-state index contributed by atoms with van der Waals surface area (Å²) in [6, 6.07) is 3.40. The molecule has 0 saturated carbocycles. The zero-order valence-corrected chi connectivity index (χ0v) is 21.1. The van der Waals surface area contributed by atoms with Gasteiger partial charge in [-0.05, 0) is 77.0 Å². The van der Waals surface area contributed by atoms with Gasteiger partial charge in [0.05, 0.1) is 7.82 Å². The fraction of sp³-hybridized carbons (Fsp3) is 0.560. The Bertz CT molecular complexity index is 958. The highest BCUT2D eigenvalue weighted by atomic mass is 31.2. The first-order valence-corrected chi connectivity index (χ1v) is 12.8. The third-order valence-corrected chi connectivity index (χ3v) is 6.68. The van der Waals surface area contributed by atoms with Crippen LogP contribution in [0.2, 0.25) is 0 Å². The molecule has 0 heterocycles. The van der Waals surface area contributed by atoms with Gasteiger partial charge in [-0.2, -0.15) is 0 Å². The van der Waals surface area contributed by atoms with Crippen LogP contribution in [0, 0.1) is 5.92 Å². The van der Waals surface area contributed by atoms with E-state index in [9.17, 15) is 24.3 Å². The third-order valence-electron chi connectivity index (χ3n) is 6.00. The molecular formula is C25H35O7P-2. The molecule has 0 saturated heterocycles. The van der Waals surface area contributed by atoms with Crippen LogP contribution in [0.15, 0.2) is 35.9 Å². The number of esters is 1. The van der Waals surface area contributed by atoms with E-state index in [-0.39, 0.29) is 23.3 Å². The second kappa shape index (κ2) is 11.0. The lowest BCUT2D eigenvalue weighted by Gasteiger charge is -2.36. The lowest BCUT2D eigenvalue weighted by atomic mass is 9.73. The summed E-state index contributed by atoms with van der Waals surface area (Å²) in [5.41, 5.74) is 1.33. The number of ether oxygens (including phenoxy) is 1. The van der Waals surface area contributed by atoms with Crippen molar-refractivity contribution >= 4 is 13.8 Å². The lowest BCUT2D eigenvalue weighted by Crippen LogP contribution is -2.40. The molecule has 1 aromatic carbocycles. The van der Waals surface area contributed by atoms with Gasteiger partial charge >= 0.3 is 5.97 Å². The molecule has 2 atom stereocenters. The fourth-order valence-corrected chi connectivity index (χ4v) is 4.89. The number of benzene rings is 1. The van der Waals surface area contributed by atoms with Crippen molar-refractivity contribution in [3.63, 3.8) is 0 Å². The van der Waals surface area contributed by atoms with Gasteiger partial charge in [0.1, 0.15) is 11.5 Å². The van der Waals surface area contributed by atoms with E-state index in [0.717, 1.165) is 62.7 Å². The van der Waals surface area contributed by atoms with Crippen LogP contribution < -0.4 is 14.5 Å². The molecule has 1 aliphatic carbocycles. The number of rotatable bonds is 10. The molecule has 184 valence electrons. The Morgan fingerprint density at radius 3 is 2.55 bits per heavy atom. The molecule has 1 aromatic rings. The van der Waals surface area contributed by atoms with Crippen molar-refractivity contribution in [1.29, 1.82) is 0 Å².